The van der Waals surface area contributed by atoms with Gasteiger partial charge in [0, 0.05) is 24.3 Å². The second kappa shape index (κ2) is 10.2. The molecule has 1 aromatic carbocycles. The topological polar surface area (TPSA) is 114 Å². The lowest BCUT2D eigenvalue weighted by molar-refractivity contribution is 0.122. The van der Waals surface area contributed by atoms with Gasteiger partial charge in [0.2, 0.25) is 0 Å². The van der Waals surface area contributed by atoms with Crippen LogP contribution in [-0.2, 0) is 15.0 Å². The summed E-state index contributed by atoms with van der Waals surface area (Å²) in [5.41, 5.74) is 3.75. The van der Waals surface area contributed by atoms with E-state index in [1.54, 1.807) is 24.4 Å². The van der Waals surface area contributed by atoms with Crippen LogP contribution in [-0.4, -0.2) is 59.4 Å². The van der Waals surface area contributed by atoms with Gasteiger partial charge >= 0.3 is 12.1 Å². The van der Waals surface area contributed by atoms with Crippen LogP contribution in [0.4, 0.5) is 10.5 Å². The van der Waals surface area contributed by atoms with E-state index in [4.69, 9.17) is 21.1 Å². The van der Waals surface area contributed by atoms with Crippen molar-refractivity contribution in [3.05, 3.63) is 59.4 Å². The number of aromatic amines is 1. The van der Waals surface area contributed by atoms with E-state index in [0.717, 1.165) is 37.6 Å². The zero-order valence-electron chi connectivity index (χ0n) is 20.7. The van der Waals surface area contributed by atoms with Gasteiger partial charge in [-0.25, -0.2) is 9.78 Å². The van der Waals surface area contributed by atoms with Crippen molar-refractivity contribution >= 4 is 34.5 Å². The highest BCUT2D eigenvalue weighted by molar-refractivity contribution is 6.33. The number of methoxy groups -OCH3 is 1. The standard InChI is InChI=1S/C26H27ClN6O4/c1-26(2,32-25(34)35-3)21-9-8-18(15-28-21)37-24-29-20-14-19(27)22(30-23(20)31-24)16-4-6-17(7-5-16)33-10-12-36-13-11-33/h4-9,14-15H,10-13H2,1-3H3,(H,32,34)(H,29,30,31). The highest BCUT2D eigenvalue weighted by atomic mass is 35.5. The number of nitrogens with one attached hydrogen (secondary N) is 2. The Hall–Kier alpha value is -3.89. The molecule has 4 aromatic rings. The van der Waals surface area contributed by atoms with Crippen LogP contribution in [0.2, 0.25) is 5.02 Å². The number of nitrogens with zero attached hydrogens (tertiary/aromatic N) is 4. The average molecular weight is 523 g/mol. The molecular formula is C26H27ClN6O4. The fourth-order valence-electron chi connectivity index (χ4n) is 4.09. The predicted molar refractivity (Wildman–Crippen MR) is 140 cm³/mol. The summed E-state index contributed by atoms with van der Waals surface area (Å²) in [4.78, 5) is 30.5. The molecule has 0 unspecified atom stereocenters. The van der Waals surface area contributed by atoms with Crippen LogP contribution in [0.1, 0.15) is 19.5 Å². The van der Waals surface area contributed by atoms with E-state index in [9.17, 15) is 4.79 Å². The normalized spacial score (nSPS) is 14.0. The lowest BCUT2D eigenvalue weighted by Gasteiger charge is -2.28. The van der Waals surface area contributed by atoms with E-state index in [1.807, 2.05) is 26.0 Å². The van der Waals surface area contributed by atoms with E-state index >= 15 is 0 Å². The summed E-state index contributed by atoms with van der Waals surface area (Å²) in [6.07, 6.45) is 1.03. The van der Waals surface area contributed by atoms with Crippen LogP contribution in [0.25, 0.3) is 22.4 Å². The van der Waals surface area contributed by atoms with Gasteiger partial charge in [-0.2, -0.15) is 4.98 Å². The number of halogens is 1. The number of H-pyrrole nitrogens is 1. The Balaban J connectivity index is 1.33. The molecule has 0 spiro atoms. The predicted octanol–water partition coefficient (Wildman–Crippen LogP) is 4.89. The molecule has 0 bridgehead atoms. The summed E-state index contributed by atoms with van der Waals surface area (Å²) >= 11 is 6.58. The first-order chi connectivity index (χ1) is 17.8. The van der Waals surface area contributed by atoms with Crippen LogP contribution in [0.15, 0.2) is 48.7 Å². The van der Waals surface area contributed by atoms with Gasteiger partial charge in [0.1, 0.15) is 5.75 Å². The third-order valence-electron chi connectivity index (χ3n) is 6.11. The maximum Gasteiger partial charge on any atom is 0.407 e. The number of ether oxygens (including phenoxy) is 3. The molecule has 0 saturated carbocycles. The molecular weight excluding hydrogens is 496 g/mol. The van der Waals surface area contributed by atoms with Crippen LogP contribution < -0.4 is 15.0 Å². The zero-order chi connectivity index (χ0) is 26.0. The Bertz CT molecular complexity index is 1400. The third kappa shape index (κ3) is 5.45. The quantitative estimate of drug-likeness (QED) is 0.368. The fraction of sp³-hybridized carbons (Fsp3) is 0.308. The van der Waals surface area contributed by atoms with Crippen molar-refractivity contribution in [1.29, 1.82) is 0 Å². The molecule has 0 aliphatic carbocycles. The maximum atomic E-state index is 11.6. The molecule has 1 aliphatic rings. The summed E-state index contributed by atoms with van der Waals surface area (Å²) in [6.45, 7) is 6.88. The Morgan fingerprint density at radius 2 is 1.89 bits per heavy atom. The molecule has 0 atom stereocenters. The Morgan fingerprint density at radius 1 is 1.14 bits per heavy atom. The molecule has 1 amide bonds. The van der Waals surface area contributed by atoms with Crippen molar-refractivity contribution in [2.75, 3.05) is 38.3 Å². The van der Waals surface area contributed by atoms with Crippen molar-refractivity contribution in [2.45, 2.75) is 19.4 Å². The van der Waals surface area contributed by atoms with Crippen molar-refractivity contribution in [2.24, 2.45) is 0 Å². The van der Waals surface area contributed by atoms with E-state index in [1.165, 1.54) is 7.11 Å². The largest absolute Gasteiger partial charge is 0.453 e. The maximum absolute atomic E-state index is 11.6. The minimum Gasteiger partial charge on any atom is -0.453 e. The second-order valence-electron chi connectivity index (χ2n) is 9.10. The number of hydrogen-bond acceptors (Lipinski definition) is 8. The molecule has 10 nitrogen and oxygen atoms in total. The summed E-state index contributed by atoms with van der Waals surface area (Å²) in [5, 5.41) is 3.25. The van der Waals surface area contributed by atoms with Gasteiger partial charge in [0.25, 0.3) is 0 Å². The van der Waals surface area contributed by atoms with Gasteiger partial charge in [0.15, 0.2) is 5.65 Å². The molecule has 3 aromatic heterocycles. The molecule has 11 heteroatoms. The van der Waals surface area contributed by atoms with Gasteiger partial charge in [-0.1, -0.05) is 23.7 Å². The van der Waals surface area contributed by atoms with Gasteiger partial charge in [-0.05, 0) is 44.2 Å². The molecule has 5 rings (SSSR count). The molecule has 192 valence electrons. The number of anilines is 1. The fourth-order valence-corrected chi connectivity index (χ4v) is 4.35. The first-order valence-electron chi connectivity index (χ1n) is 11.8. The van der Waals surface area contributed by atoms with Crippen LogP contribution in [0.3, 0.4) is 0 Å². The van der Waals surface area contributed by atoms with Gasteiger partial charge < -0.3 is 29.4 Å². The molecule has 2 N–H and O–H groups in total. The number of rotatable bonds is 6. The Kier molecular flexibility index (Phi) is 6.86. The van der Waals surface area contributed by atoms with Crippen molar-refractivity contribution < 1.29 is 19.0 Å². The van der Waals surface area contributed by atoms with Gasteiger partial charge in [-0.15, -0.1) is 0 Å². The summed E-state index contributed by atoms with van der Waals surface area (Å²) < 4.78 is 16.0. The monoisotopic (exact) mass is 522 g/mol. The minimum absolute atomic E-state index is 0.264. The van der Waals surface area contributed by atoms with E-state index in [2.05, 4.69) is 47.0 Å². The number of carbonyl (C=O) groups is 1. The Labute approximate surface area is 218 Å². The van der Waals surface area contributed by atoms with Crippen molar-refractivity contribution in [3.8, 4) is 23.0 Å². The minimum atomic E-state index is -0.720. The number of pyridine rings is 2. The van der Waals surface area contributed by atoms with Crippen LogP contribution >= 0.6 is 11.6 Å². The summed E-state index contributed by atoms with van der Waals surface area (Å²) in [7, 11) is 1.32. The lowest BCUT2D eigenvalue weighted by atomic mass is 10.0. The van der Waals surface area contributed by atoms with Crippen molar-refractivity contribution in [1.82, 2.24) is 25.3 Å². The first kappa shape index (κ1) is 24.8. The van der Waals surface area contributed by atoms with Crippen LogP contribution in [0, 0.1) is 0 Å². The third-order valence-corrected chi connectivity index (χ3v) is 6.40. The van der Waals surface area contributed by atoms with Crippen LogP contribution in [0.5, 0.6) is 11.8 Å². The van der Waals surface area contributed by atoms with Gasteiger partial charge in [-0.3, -0.25) is 4.98 Å². The van der Waals surface area contributed by atoms with E-state index < -0.39 is 11.6 Å². The van der Waals surface area contributed by atoms with E-state index in [0.29, 0.717) is 33.3 Å². The number of alkyl carbamates (subject to hydrolysis) is 1. The number of fused-ring (bicyclic) bond motifs is 1. The number of imidazole rings is 1. The van der Waals surface area contributed by atoms with E-state index in [-0.39, 0.29) is 6.01 Å². The number of aromatic nitrogens is 4. The molecule has 4 heterocycles. The second-order valence-corrected chi connectivity index (χ2v) is 9.51. The average Bonchev–Trinajstić information content (AvgIpc) is 3.29. The first-order valence-corrected chi connectivity index (χ1v) is 12.2. The lowest BCUT2D eigenvalue weighted by Crippen LogP contribution is -2.41. The summed E-state index contributed by atoms with van der Waals surface area (Å²) in [6, 6.07) is 13.7. The zero-order valence-corrected chi connectivity index (χ0v) is 21.5. The Morgan fingerprint density at radius 3 is 2.57 bits per heavy atom. The smallest absolute Gasteiger partial charge is 0.407 e. The molecule has 1 aliphatic heterocycles. The highest BCUT2D eigenvalue weighted by Gasteiger charge is 2.25. The highest BCUT2D eigenvalue weighted by Crippen LogP contribution is 2.32. The SMILES string of the molecule is COC(=O)NC(C)(C)c1ccc(Oc2nc3nc(-c4ccc(N5CCOCC5)cc4)c(Cl)cc3[nH]2)cn1. The summed E-state index contributed by atoms with van der Waals surface area (Å²) in [5.74, 6) is 0.474. The molecule has 1 saturated heterocycles. The molecule has 37 heavy (non-hydrogen) atoms. The molecule has 1 fully saturated rings. The van der Waals surface area contributed by atoms with Crippen molar-refractivity contribution in [3.63, 3.8) is 0 Å². The number of hydrogen-bond donors (Lipinski definition) is 2. The number of carbonyl (C=O) groups excluding carboxylic acids is 1. The molecule has 0 radical (unpaired) electrons. The number of morpholine rings is 1. The number of amides is 1. The number of benzene rings is 1. The van der Waals surface area contributed by atoms with Gasteiger partial charge in [0.05, 0.1) is 54.0 Å².